The van der Waals surface area contributed by atoms with Crippen molar-refractivity contribution >= 4 is 17.9 Å². The van der Waals surface area contributed by atoms with Gasteiger partial charge in [0.15, 0.2) is 5.60 Å². The Kier molecular flexibility index (Phi) is 11.4. The molecule has 0 spiro atoms. The predicted molar refractivity (Wildman–Crippen MR) is 190 cm³/mol. The molecular weight excluding hydrogens is 632 g/mol. The van der Waals surface area contributed by atoms with Gasteiger partial charge in [0.1, 0.15) is 6.04 Å². The third kappa shape index (κ3) is 8.76. The van der Waals surface area contributed by atoms with Crippen LogP contribution in [0.2, 0.25) is 0 Å². The second-order valence-corrected chi connectivity index (χ2v) is 13.9. The van der Waals surface area contributed by atoms with Crippen molar-refractivity contribution in [2.45, 2.75) is 64.3 Å². The van der Waals surface area contributed by atoms with Crippen LogP contribution in [0.15, 0.2) is 109 Å². The first-order valence-electron chi connectivity index (χ1n) is 16.8. The summed E-state index contributed by atoms with van der Waals surface area (Å²) in [6.45, 7) is 5.11. The summed E-state index contributed by atoms with van der Waals surface area (Å²) >= 11 is 0. The van der Waals surface area contributed by atoms with Crippen molar-refractivity contribution in [2.24, 2.45) is 5.41 Å². The maximum absolute atomic E-state index is 14.4. The molecule has 5 rings (SSSR count). The van der Waals surface area contributed by atoms with Gasteiger partial charge in [0.05, 0.1) is 19.7 Å². The number of ether oxygens (including phenoxy) is 1. The summed E-state index contributed by atoms with van der Waals surface area (Å²) in [4.78, 5) is 40.6. The van der Waals surface area contributed by atoms with Crippen LogP contribution in [0.25, 0.3) is 11.1 Å². The predicted octanol–water partition coefficient (Wildman–Crippen LogP) is 5.84. The molecule has 4 aromatic carbocycles. The molecule has 0 aromatic heterocycles. The molecule has 0 bridgehead atoms. The van der Waals surface area contributed by atoms with Gasteiger partial charge in [-0.2, -0.15) is 0 Å². The molecule has 1 aliphatic carbocycles. The lowest BCUT2D eigenvalue weighted by molar-refractivity contribution is -0.199. The van der Waals surface area contributed by atoms with Crippen molar-refractivity contribution < 1.29 is 29.4 Å². The summed E-state index contributed by atoms with van der Waals surface area (Å²) in [5.41, 5.74) is 5.25. The van der Waals surface area contributed by atoms with Gasteiger partial charge in [-0.3, -0.25) is 20.2 Å². The van der Waals surface area contributed by atoms with Gasteiger partial charge in [-0.25, -0.2) is 14.9 Å². The lowest BCUT2D eigenvalue weighted by atomic mass is 9.86. The van der Waals surface area contributed by atoms with E-state index in [4.69, 9.17) is 4.74 Å². The van der Waals surface area contributed by atoms with Crippen LogP contribution < -0.4 is 10.7 Å². The fraction of sp³-hybridized carbons (Fsp3) is 0.325. The van der Waals surface area contributed by atoms with E-state index in [2.05, 4.69) is 10.7 Å². The highest BCUT2D eigenvalue weighted by atomic mass is 16.5. The molecule has 10 heteroatoms. The van der Waals surface area contributed by atoms with Crippen LogP contribution in [-0.4, -0.2) is 63.6 Å². The van der Waals surface area contributed by atoms with E-state index in [1.165, 1.54) is 12.1 Å². The van der Waals surface area contributed by atoms with Crippen LogP contribution in [0.3, 0.4) is 0 Å². The first-order chi connectivity index (χ1) is 23.9. The number of alkyl carbamates (subject to hydrolysis) is 1. The number of nitrogens with one attached hydrogen (secondary N) is 2. The van der Waals surface area contributed by atoms with Gasteiger partial charge in [-0.05, 0) is 57.7 Å². The quantitative estimate of drug-likeness (QED) is 0.109. The maximum atomic E-state index is 14.4. The van der Waals surface area contributed by atoms with Gasteiger partial charge in [0, 0.05) is 13.0 Å². The standard InChI is InChI=1S/C40H46N4O6/c1-39(2,3)35(41-38(47)50-4)36(45)42-43(26-29-16-13-20-32(24-29)30-17-9-6-10-18-30)27-40(48,25-28-14-7-5-8-15-28)37(46)44(49)34-23-22-31-19-11-12-21-33(31)34/h5-21,24,34-35,48-49H,22-23,25-27H2,1-4H3,(H,41,47)(H,42,45)/t34?,35-,40+/m1/s1. The van der Waals surface area contributed by atoms with Crippen molar-refractivity contribution in [1.82, 2.24) is 20.8 Å². The Balaban J connectivity index is 1.51. The number of hydrogen-bond acceptors (Lipinski definition) is 7. The number of amides is 3. The molecule has 1 aliphatic rings. The summed E-state index contributed by atoms with van der Waals surface area (Å²) < 4.78 is 4.80. The number of benzene rings is 4. The Morgan fingerprint density at radius 1 is 0.860 bits per heavy atom. The molecular formula is C40H46N4O6. The monoisotopic (exact) mass is 678 g/mol. The molecule has 0 heterocycles. The van der Waals surface area contributed by atoms with Crippen molar-refractivity contribution in [3.05, 3.63) is 131 Å². The van der Waals surface area contributed by atoms with Gasteiger partial charge in [0.25, 0.3) is 11.8 Å². The van der Waals surface area contributed by atoms with Crippen molar-refractivity contribution in [3.8, 4) is 11.1 Å². The van der Waals surface area contributed by atoms with Gasteiger partial charge in [-0.15, -0.1) is 0 Å². The van der Waals surface area contributed by atoms with Gasteiger partial charge in [-0.1, -0.05) is 124 Å². The highest BCUT2D eigenvalue weighted by molar-refractivity contribution is 5.87. The summed E-state index contributed by atoms with van der Waals surface area (Å²) in [7, 11) is 1.22. The molecule has 4 aromatic rings. The Hall–Kier alpha value is -5.03. The molecule has 3 amide bonds. The number of nitrogens with zero attached hydrogens (tertiary/aromatic N) is 2. The fourth-order valence-corrected chi connectivity index (χ4v) is 6.50. The first kappa shape index (κ1) is 36.3. The summed E-state index contributed by atoms with van der Waals surface area (Å²) in [5.74, 6) is -1.46. The van der Waals surface area contributed by atoms with E-state index < -0.39 is 41.0 Å². The Labute approximate surface area is 293 Å². The number of aliphatic hydroxyl groups is 1. The van der Waals surface area contributed by atoms with Crippen molar-refractivity contribution in [1.29, 1.82) is 0 Å². The molecule has 0 fully saturated rings. The average Bonchev–Trinajstić information content (AvgIpc) is 3.54. The highest BCUT2D eigenvalue weighted by Crippen LogP contribution is 2.36. The lowest BCUT2D eigenvalue weighted by Crippen LogP contribution is -2.62. The van der Waals surface area contributed by atoms with E-state index in [9.17, 15) is 24.7 Å². The normalized spacial score (nSPS) is 15.8. The zero-order valence-electron chi connectivity index (χ0n) is 29.0. The smallest absolute Gasteiger partial charge is 0.407 e. The molecule has 50 heavy (non-hydrogen) atoms. The zero-order chi connectivity index (χ0) is 35.9. The van der Waals surface area contributed by atoms with E-state index in [0.29, 0.717) is 23.5 Å². The summed E-state index contributed by atoms with van der Waals surface area (Å²) in [6, 6.07) is 32.6. The number of hydrogen-bond donors (Lipinski definition) is 4. The number of hydrazine groups is 1. The van der Waals surface area contributed by atoms with Crippen LogP contribution in [0.4, 0.5) is 4.79 Å². The molecule has 1 unspecified atom stereocenters. The lowest BCUT2D eigenvalue weighted by Gasteiger charge is -2.38. The third-order valence-electron chi connectivity index (χ3n) is 9.05. The minimum absolute atomic E-state index is 0.0869. The molecule has 3 atom stereocenters. The summed E-state index contributed by atoms with van der Waals surface area (Å²) in [6.07, 6.45) is 0.273. The van der Waals surface area contributed by atoms with Crippen LogP contribution in [-0.2, 0) is 33.7 Å². The molecule has 10 nitrogen and oxygen atoms in total. The average molecular weight is 679 g/mol. The van der Waals surface area contributed by atoms with E-state index in [1.807, 2.05) is 97.1 Å². The molecule has 0 radical (unpaired) electrons. The number of carbonyl (C=O) groups is 3. The van der Waals surface area contributed by atoms with Crippen LogP contribution in [0.5, 0.6) is 0 Å². The number of methoxy groups -OCH3 is 1. The first-order valence-corrected chi connectivity index (χ1v) is 16.8. The second kappa shape index (κ2) is 15.7. The molecule has 0 saturated carbocycles. The van der Waals surface area contributed by atoms with E-state index in [1.54, 1.807) is 32.9 Å². The number of rotatable bonds is 12. The van der Waals surface area contributed by atoms with Gasteiger partial charge < -0.3 is 15.2 Å². The number of hydroxylamine groups is 2. The van der Waals surface area contributed by atoms with Gasteiger partial charge in [0.2, 0.25) is 0 Å². The van der Waals surface area contributed by atoms with Crippen LogP contribution >= 0.6 is 0 Å². The number of carbonyl (C=O) groups excluding carboxylic acids is 3. The van der Waals surface area contributed by atoms with E-state index >= 15 is 0 Å². The molecule has 0 saturated heterocycles. The summed E-state index contributed by atoms with van der Waals surface area (Å²) in [5, 5.41) is 28.7. The van der Waals surface area contributed by atoms with Crippen LogP contribution in [0.1, 0.15) is 55.5 Å². The Morgan fingerprint density at radius 2 is 1.48 bits per heavy atom. The molecule has 0 aliphatic heterocycles. The fourth-order valence-electron chi connectivity index (χ4n) is 6.50. The minimum Gasteiger partial charge on any atom is -0.453 e. The minimum atomic E-state index is -2.19. The SMILES string of the molecule is COC(=O)N[C@H](C(=O)NN(Cc1cccc(-c2ccccc2)c1)C[C@@](O)(Cc1ccccc1)C(=O)N(O)C1CCc2ccccc21)C(C)(C)C. The molecule has 4 N–H and O–H groups in total. The number of fused-ring (bicyclic) bond motifs is 1. The highest BCUT2D eigenvalue weighted by Gasteiger charge is 2.45. The van der Waals surface area contributed by atoms with Crippen molar-refractivity contribution in [2.75, 3.05) is 13.7 Å². The zero-order valence-corrected chi connectivity index (χ0v) is 29.0. The number of aryl methyl sites for hydroxylation is 1. The topological polar surface area (TPSA) is 131 Å². The Bertz CT molecular complexity index is 1780. The third-order valence-corrected chi connectivity index (χ3v) is 9.05. The van der Waals surface area contributed by atoms with E-state index in [0.717, 1.165) is 27.8 Å². The van der Waals surface area contributed by atoms with Crippen molar-refractivity contribution in [3.63, 3.8) is 0 Å². The van der Waals surface area contributed by atoms with Crippen LogP contribution in [0, 0.1) is 5.41 Å². The Morgan fingerprint density at radius 3 is 2.16 bits per heavy atom. The van der Waals surface area contributed by atoms with E-state index in [-0.39, 0.29) is 19.5 Å². The second-order valence-electron chi connectivity index (χ2n) is 13.9. The molecule has 262 valence electrons. The largest absolute Gasteiger partial charge is 0.453 e. The van der Waals surface area contributed by atoms with Gasteiger partial charge >= 0.3 is 6.09 Å². The maximum Gasteiger partial charge on any atom is 0.407 e.